The van der Waals surface area contributed by atoms with E-state index in [-0.39, 0.29) is 5.69 Å². The molecule has 0 bridgehead atoms. The van der Waals surface area contributed by atoms with Crippen molar-refractivity contribution in [3.05, 3.63) is 45.4 Å². The molecule has 0 atom stereocenters. The molecule has 0 saturated carbocycles. The summed E-state index contributed by atoms with van der Waals surface area (Å²) in [4.78, 5) is 17.7. The van der Waals surface area contributed by atoms with Crippen molar-refractivity contribution in [2.45, 2.75) is 27.7 Å². The highest BCUT2D eigenvalue weighted by Crippen LogP contribution is 2.35. The van der Waals surface area contributed by atoms with Crippen molar-refractivity contribution in [2.75, 3.05) is 0 Å². The summed E-state index contributed by atoms with van der Waals surface area (Å²) in [7, 11) is 3.53. The SMILES string of the molecule is C=NO/C(C)=C(\C)c1cc(-c2c(C)noc2C)cc2c1n(C)c(=O)n2C. The fraction of sp³-hybridized carbons (Fsp3) is 0.316. The van der Waals surface area contributed by atoms with Crippen molar-refractivity contribution in [3.63, 3.8) is 0 Å². The second-order valence-corrected chi connectivity index (χ2v) is 6.39. The van der Waals surface area contributed by atoms with E-state index >= 15 is 0 Å². The summed E-state index contributed by atoms with van der Waals surface area (Å²) in [6, 6.07) is 4.02. The smallest absolute Gasteiger partial charge is 0.328 e. The average Bonchev–Trinajstić information content (AvgIpc) is 3.06. The number of imidazole rings is 1. The van der Waals surface area contributed by atoms with Gasteiger partial charge in [-0.2, -0.15) is 0 Å². The molecular weight excluding hydrogens is 332 g/mol. The number of aryl methyl sites for hydroxylation is 4. The Labute approximate surface area is 151 Å². The highest BCUT2D eigenvalue weighted by atomic mass is 16.6. The molecule has 136 valence electrons. The van der Waals surface area contributed by atoms with Crippen molar-refractivity contribution in [1.82, 2.24) is 14.3 Å². The van der Waals surface area contributed by atoms with Crippen LogP contribution in [0.15, 0.2) is 32.4 Å². The molecule has 7 heteroatoms. The van der Waals surface area contributed by atoms with E-state index < -0.39 is 0 Å². The molecule has 0 radical (unpaired) electrons. The van der Waals surface area contributed by atoms with Gasteiger partial charge in [-0.15, -0.1) is 0 Å². The topological polar surface area (TPSA) is 74.6 Å². The van der Waals surface area contributed by atoms with Crippen molar-refractivity contribution in [1.29, 1.82) is 0 Å². The van der Waals surface area contributed by atoms with E-state index in [0.29, 0.717) is 5.76 Å². The van der Waals surface area contributed by atoms with Crippen LogP contribution in [0.2, 0.25) is 0 Å². The molecule has 2 aromatic heterocycles. The number of aromatic nitrogens is 3. The molecule has 0 amide bonds. The molecule has 2 heterocycles. The van der Waals surface area contributed by atoms with Gasteiger partial charge in [0.25, 0.3) is 0 Å². The molecule has 0 spiro atoms. The zero-order valence-electron chi connectivity index (χ0n) is 15.9. The van der Waals surface area contributed by atoms with Crippen LogP contribution < -0.4 is 5.69 Å². The molecule has 26 heavy (non-hydrogen) atoms. The van der Waals surface area contributed by atoms with E-state index in [0.717, 1.165) is 44.8 Å². The lowest BCUT2D eigenvalue weighted by Gasteiger charge is -2.12. The maximum Gasteiger partial charge on any atom is 0.328 e. The molecule has 0 aliphatic carbocycles. The first kappa shape index (κ1) is 17.7. The third-order valence-electron chi connectivity index (χ3n) is 4.82. The number of hydrogen-bond donors (Lipinski definition) is 0. The Balaban J connectivity index is 2.46. The standard InChI is InChI=1S/C19H22N4O3/c1-10(12(3)25-20-5)15-8-14(17-11(2)21-26-13(17)4)9-16-18(15)23(7)19(24)22(16)6/h8-9H,5H2,1-4,6-7H3/b12-10+. The van der Waals surface area contributed by atoms with Crippen LogP contribution in [0.3, 0.4) is 0 Å². The predicted molar refractivity (Wildman–Crippen MR) is 102 cm³/mol. The number of hydrogen-bond acceptors (Lipinski definition) is 5. The highest BCUT2D eigenvalue weighted by molar-refractivity contribution is 5.94. The Bertz CT molecular complexity index is 1090. The predicted octanol–water partition coefficient (Wildman–Crippen LogP) is 3.53. The largest absolute Gasteiger partial charge is 0.362 e. The average molecular weight is 354 g/mol. The quantitative estimate of drug-likeness (QED) is 0.408. The van der Waals surface area contributed by atoms with E-state index in [1.807, 2.05) is 39.8 Å². The van der Waals surface area contributed by atoms with Gasteiger partial charge in [0.15, 0.2) is 0 Å². The van der Waals surface area contributed by atoms with Crippen molar-refractivity contribution < 1.29 is 9.36 Å². The van der Waals surface area contributed by atoms with E-state index in [2.05, 4.69) is 17.0 Å². The van der Waals surface area contributed by atoms with Gasteiger partial charge in [0.1, 0.15) is 11.5 Å². The third kappa shape index (κ3) is 2.56. The van der Waals surface area contributed by atoms with Gasteiger partial charge in [0, 0.05) is 31.9 Å². The van der Waals surface area contributed by atoms with Crippen LogP contribution in [0.5, 0.6) is 0 Å². The van der Waals surface area contributed by atoms with Gasteiger partial charge in [-0.3, -0.25) is 9.13 Å². The molecule has 0 saturated heterocycles. The first-order valence-corrected chi connectivity index (χ1v) is 8.21. The molecule has 0 aliphatic heterocycles. The van der Waals surface area contributed by atoms with Gasteiger partial charge in [-0.05, 0) is 51.0 Å². The first-order chi connectivity index (χ1) is 12.3. The Kier molecular flexibility index (Phi) is 4.31. The fourth-order valence-corrected chi connectivity index (χ4v) is 3.33. The van der Waals surface area contributed by atoms with Crippen LogP contribution >= 0.6 is 0 Å². The third-order valence-corrected chi connectivity index (χ3v) is 4.82. The molecule has 3 aromatic rings. The summed E-state index contributed by atoms with van der Waals surface area (Å²) >= 11 is 0. The summed E-state index contributed by atoms with van der Waals surface area (Å²) in [5.74, 6) is 1.35. The number of allylic oxidation sites excluding steroid dienone is 2. The summed E-state index contributed by atoms with van der Waals surface area (Å²) in [5, 5.41) is 7.55. The Morgan fingerprint density at radius 3 is 2.50 bits per heavy atom. The van der Waals surface area contributed by atoms with Crippen LogP contribution in [0.1, 0.15) is 30.9 Å². The molecular formula is C19H22N4O3. The first-order valence-electron chi connectivity index (χ1n) is 8.21. The van der Waals surface area contributed by atoms with Crippen LogP contribution in [0.4, 0.5) is 0 Å². The van der Waals surface area contributed by atoms with Crippen molar-refractivity contribution in [3.8, 4) is 11.1 Å². The second-order valence-electron chi connectivity index (χ2n) is 6.39. The minimum atomic E-state index is -0.0922. The number of benzene rings is 1. The second kappa shape index (κ2) is 6.33. The number of nitrogens with zero attached hydrogens (tertiary/aromatic N) is 4. The number of rotatable bonds is 4. The molecule has 0 N–H and O–H groups in total. The molecule has 0 aliphatic rings. The van der Waals surface area contributed by atoms with Crippen LogP contribution in [-0.4, -0.2) is 21.0 Å². The lowest BCUT2D eigenvalue weighted by molar-refractivity contribution is 0.235. The van der Waals surface area contributed by atoms with Gasteiger partial charge in [-0.1, -0.05) is 10.3 Å². The maximum atomic E-state index is 12.5. The van der Waals surface area contributed by atoms with Crippen LogP contribution in [-0.2, 0) is 18.9 Å². The fourth-order valence-electron chi connectivity index (χ4n) is 3.33. The lowest BCUT2D eigenvalue weighted by Crippen LogP contribution is -2.19. The maximum absolute atomic E-state index is 12.5. The monoisotopic (exact) mass is 354 g/mol. The van der Waals surface area contributed by atoms with Crippen LogP contribution in [0.25, 0.3) is 27.7 Å². The van der Waals surface area contributed by atoms with Gasteiger partial charge < -0.3 is 9.36 Å². The van der Waals surface area contributed by atoms with E-state index in [1.165, 1.54) is 0 Å². The lowest BCUT2D eigenvalue weighted by atomic mass is 9.96. The van der Waals surface area contributed by atoms with Crippen molar-refractivity contribution in [2.24, 2.45) is 19.3 Å². The highest BCUT2D eigenvalue weighted by Gasteiger charge is 2.20. The summed E-state index contributed by atoms with van der Waals surface area (Å²) in [6.45, 7) is 10.9. The van der Waals surface area contributed by atoms with E-state index in [1.54, 1.807) is 23.2 Å². The van der Waals surface area contributed by atoms with E-state index in [9.17, 15) is 4.79 Å². The van der Waals surface area contributed by atoms with Crippen molar-refractivity contribution >= 4 is 23.3 Å². The molecule has 0 unspecified atom stereocenters. The Morgan fingerprint density at radius 2 is 1.92 bits per heavy atom. The summed E-state index contributed by atoms with van der Waals surface area (Å²) in [6.07, 6.45) is 0. The summed E-state index contributed by atoms with van der Waals surface area (Å²) < 4.78 is 8.60. The molecule has 7 nitrogen and oxygen atoms in total. The molecule has 0 fully saturated rings. The number of oxime groups is 1. The minimum Gasteiger partial charge on any atom is -0.362 e. The minimum absolute atomic E-state index is 0.0922. The van der Waals surface area contributed by atoms with Gasteiger partial charge in [-0.25, -0.2) is 4.79 Å². The Hall–Kier alpha value is -3.09. The van der Waals surface area contributed by atoms with E-state index in [4.69, 9.17) is 9.36 Å². The Morgan fingerprint density at radius 1 is 1.23 bits per heavy atom. The molecule has 1 aromatic carbocycles. The zero-order valence-corrected chi connectivity index (χ0v) is 15.9. The normalized spacial score (nSPS) is 12.4. The zero-order chi connectivity index (χ0) is 19.2. The van der Waals surface area contributed by atoms with Gasteiger partial charge in [0.05, 0.1) is 16.7 Å². The molecule has 3 rings (SSSR count). The number of fused-ring (bicyclic) bond motifs is 1. The summed E-state index contributed by atoms with van der Waals surface area (Å²) in [5.41, 5.74) is 5.99. The van der Waals surface area contributed by atoms with Gasteiger partial charge >= 0.3 is 5.69 Å². The van der Waals surface area contributed by atoms with Gasteiger partial charge in [0.2, 0.25) is 0 Å². The van der Waals surface area contributed by atoms with Crippen LogP contribution in [0, 0.1) is 13.8 Å².